The number of aromatic nitrogens is 5. The lowest BCUT2D eigenvalue weighted by Gasteiger charge is -2.34. The highest BCUT2D eigenvalue weighted by atomic mass is 35.5. The molecule has 4 atom stereocenters. The molecule has 0 spiro atoms. The number of esters is 1. The SMILES string of the molecule is CC(C)[C@H](N)C(=O)OCN(c1nn(CC(F)(F)F)c2c(-c3ccc(C#CC(C)(C)S(C)(=O)=O)nc3[C@H](Cc3cc(F)cc(F)c3)NC(=O)Cn3nc(C(F)(F)F)c4c3C(F)(F)[C@@H]3CC[C@H]43)ccc(Cl)c12)S(C)(=O)=O. The number of nitrogens with zero attached hydrogens (tertiary/aromatic N) is 6. The van der Waals surface area contributed by atoms with Gasteiger partial charge >= 0.3 is 18.3 Å². The van der Waals surface area contributed by atoms with Crippen LogP contribution in [0.3, 0.4) is 0 Å². The number of nitrogens with two attached hydrogens (primary N) is 1. The van der Waals surface area contributed by atoms with Crippen LogP contribution in [0, 0.1) is 35.3 Å². The number of halogens is 11. The number of carbonyl (C=O) groups is 2. The van der Waals surface area contributed by atoms with Gasteiger partial charge in [0.2, 0.25) is 15.9 Å². The molecule has 0 aliphatic heterocycles. The van der Waals surface area contributed by atoms with Gasteiger partial charge in [0.25, 0.3) is 5.92 Å². The second kappa shape index (κ2) is 19.6. The molecule has 74 heavy (non-hydrogen) atoms. The normalized spacial score (nSPS) is 17.5. The van der Waals surface area contributed by atoms with Crippen LogP contribution in [0.1, 0.15) is 86.4 Å². The van der Waals surface area contributed by atoms with Gasteiger partial charge in [0.05, 0.1) is 33.9 Å². The third kappa shape index (κ3) is 11.2. The first-order valence-corrected chi connectivity index (χ1v) is 26.3. The Morgan fingerprint density at radius 2 is 1.59 bits per heavy atom. The van der Waals surface area contributed by atoms with Crippen molar-refractivity contribution < 1.29 is 75.1 Å². The fourth-order valence-electron chi connectivity index (χ4n) is 8.60. The van der Waals surface area contributed by atoms with Crippen LogP contribution >= 0.6 is 11.6 Å². The molecule has 7 rings (SSSR count). The van der Waals surface area contributed by atoms with Gasteiger partial charge < -0.3 is 15.8 Å². The zero-order valence-electron chi connectivity index (χ0n) is 39.8. The van der Waals surface area contributed by atoms with E-state index in [0.717, 1.165) is 30.5 Å². The van der Waals surface area contributed by atoms with Crippen molar-refractivity contribution in [2.45, 2.75) is 101 Å². The summed E-state index contributed by atoms with van der Waals surface area (Å²) in [6, 6.07) is 3.66. The number of alkyl halides is 8. The topological polar surface area (TPSA) is 201 Å². The predicted octanol–water partition coefficient (Wildman–Crippen LogP) is 7.93. The molecule has 3 N–H and O–H groups in total. The number of fused-ring (bicyclic) bond motifs is 4. The van der Waals surface area contributed by atoms with Crippen molar-refractivity contribution in [3.63, 3.8) is 0 Å². The highest BCUT2D eigenvalue weighted by Gasteiger charge is 2.63. The quantitative estimate of drug-likeness (QED) is 0.0446. The number of rotatable bonds is 15. The summed E-state index contributed by atoms with van der Waals surface area (Å²) < 4.78 is 205. The van der Waals surface area contributed by atoms with Gasteiger partial charge in [-0.25, -0.2) is 34.9 Å². The van der Waals surface area contributed by atoms with E-state index in [2.05, 4.69) is 32.3 Å². The van der Waals surface area contributed by atoms with E-state index in [9.17, 15) is 61.5 Å². The first kappa shape index (κ1) is 55.8. The highest BCUT2D eigenvalue weighted by molar-refractivity contribution is 7.92. The molecular formula is C46H45ClF10N8O7S2. The lowest BCUT2D eigenvalue weighted by Crippen LogP contribution is -2.41. The van der Waals surface area contributed by atoms with Gasteiger partial charge in [0.15, 0.2) is 28.1 Å². The zero-order valence-corrected chi connectivity index (χ0v) is 42.2. The molecule has 1 saturated carbocycles. The summed E-state index contributed by atoms with van der Waals surface area (Å²) in [4.78, 5) is 31.6. The molecule has 5 aromatic rings. The number of ether oxygens (including phenoxy) is 1. The van der Waals surface area contributed by atoms with Crippen LogP contribution in [0.4, 0.5) is 49.7 Å². The van der Waals surface area contributed by atoms with Crippen LogP contribution in [0.15, 0.2) is 42.5 Å². The molecule has 0 unspecified atom stereocenters. The Labute approximate surface area is 421 Å². The average molecular weight is 1110 g/mol. The van der Waals surface area contributed by atoms with Crippen molar-refractivity contribution in [1.29, 1.82) is 0 Å². The van der Waals surface area contributed by atoms with Crippen molar-refractivity contribution in [2.75, 3.05) is 23.5 Å². The van der Waals surface area contributed by atoms with Crippen molar-refractivity contribution in [3.8, 4) is 23.0 Å². The van der Waals surface area contributed by atoms with Crippen LogP contribution in [0.2, 0.25) is 5.02 Å². The number of hydrogen-bond acceptors (Lipinski definition) is 11. The standard InChI is InChI=1S/C46H45ClF10N8O7S2/c1-22(2)36(58)42(67)72-21-65(74(6,70)71)41-35-31(47)12-10-28(38(35)64(62-41)20-44(50,51)52)27-8-7-26(13-14-43(3,4)73(5,68)69)59-37(27)32(17-23-15-24(48)18-25(49)16-23)60-33(66)19-63-40-34(39(61-63)46(55,56)57)29-9-11-30(29)45(40,53)54/h7-8,10,12,15-16,18,22,29-30,32,36H,9,11,17,19-21,58H2,1-6H3,(H,60,66)/t29-,30+,32-,36-/m0/s1. The zero-order chi connectivity index (χ0) is 55.0. The second-order valence-corrected chi connectivity index (χ2v) is 23.7. The minimum absolute atomic E-state index is 0.0103. The van der Waals surface area contributed by atoms with Gasteiger partial charge in [-0.3, -0.25) is 19.0 Å². The Bertz CT molecular complexity index is 3350. The second-order valence-electron chi connectivity index (χ2n) is 18.8. The predicted molar refractivity (Wildman–Crippen MR) is 248 cm³/mol. The molecular weight excluding hydrogens is 1070 g/mol. The van der Waals surface area contributed by atoms with Crippen LogP contribution < -0.4 is 15.4 Å². The highest BCUT2D eigenvalue weighted by Crippen LogP contribution is 2.64. The van der Waals surface area contributed by atoms with E-state index in [1.54, 1.807) is 13.8 Å². The summed E-state index contributed by atoms with van der Waals surface area (Å²) in [7, 11) is -8.53. The minimum atomic E-state index is -5.23. The number of hydrogen-bond donors (Lipinski definition) is 2. The van der Waals surface area contributed by atoms with Gasteiger partial charge in [-0.1, -0.05) is 37.4 Å². The van der Waals surface area contributed by atoms with Crippen molar-refractivity contribution in [1.82, 2.24) is 29.9 Å². The van der Waals surface area contributed by atoms with Crippen LogP contribution in [0.5, 0.6) is 0 Å². The van der Waals surface area contributed by atoms with E-state index >= 15 is 8.78 Å². The van der Waals surface area contributed by atoms with Crippen LogP contribution in [-0.2, 0) is 65.8 Å². The molecule has 2 aliphatic carbocycles. The number of sulfonamides is 1. The summed E-state index contributed by atoms with van der Waals surface area (Å²) in [5, 5.41) is 8.97. The molecule has 0 radical (unpaired) electrons. The molecule has 0 bridgehead atoms. The van der Waals surface area contributed by atoms with Crippen LogP contribution in [0.25, 0.3) is 22.0 Å². The maximum atomic E-state index is 15.9. The molecule has 1 fully saturated rings. The third-order valence-corrected chi connectivity index (χ3v) is 16.1. The van der Waals surface area contributed by atoms with Crippen molar-refractivity contribution in [3.05, 3.63) is 93.0 Å². The fraction of sp³-hybridized carbons (Fsp3) is 0.457. The van der Waals surface area contributed by atoms with Gasteiger partial charge in [-0.2, -0.15) is 45.3 Å². The summed E-state index contributed by atoms with van der Waals surface area (Å²) in [6.45, 7) is 1.20. The van der Waals surface area contributed by atoms with Gasteiger partial charge in [0.1, 0.15) is 46.9 Å². The summed E-state index contributed by atoms with van der Waals surface area (Å²) in [5.41, 5.74) is 0.199. The molecule has 3 aromatic heterocycles. The van der Waals surface area contributed by atoms with Gasteiger partial charge in [-0.15, -0.1) is 0 Å². The van der Waals surface area contributed by atoms with E-state index in [0.29, 0.717) is 21.3 Å². The van der Waals surface area contributed by atoms with Gasteiger partial charge in [0, 0.05) is 34.9 Å². The summed E-state index contributed by atoms with van der Waals surface area (Å²) in [5.74, 6) is -7.44. The first-order valence-electron chi connectivity index (χ1n) is 22.2. The lowest BCUT2D eigenvalue weighted by atomic mass is 9.73. The summed E-state index contributed by atoms with van der Waals surface area (Å²) >= 11 is 6.67. The smallest absolute Gasteiger partial charge is 0.435 e. The number of sulfone groups is 1. The molecule has 400 valence electrons. The molecule has 1 amide bonds. The number of anilines is 1. The Balaban J connectivity index is 1.47. The van der Waals surface area contributed by atoms with Gasteiger partial charge in [-0.05, 0) is 86.8 Å². The van der Waals surface area contributed by atoms with E-state index < -0.39 is 167 Å². The number of carbonyl (C=O) groups excluding carboxylic acids is 2. The van der Waals surface area contributed by atoms with E-state index in [-0.39, 0.29) is 39.9 Å². The van der Waals surface area contributed by atoms with Crippen LogP contribution in [-0.4, -0.2) is 89.5 Å². The Morgan fingerprint density at radius 1 is 0.959 bits per heavy atom. The van der Waals surface area contributed by atoms with Crippen molar-refractivity contribution >= 4 is 60.1 Å². The number of pyridine rings is 1. The molecule has 2 aromatic carbocycles. The average Bonchev–Trinajstić information content (AvgIpc) is 3.83. The maximum absolute atomic E-state index is 15.9. The number of amides is 1. The molecule has 2 aliphatic rings. The first-order chi connectivity index (χ1) is 34.0. The Kier molecular flexibility index (Phi) is 14.8. The fourth-order valence-corrected chi connectivity index (χ4v) is 9.76. The number of nitrogens with one attached hydrogen (secondary N) is 1. The van der Waals surface area contributed by atoms with E-state index in [1.165, 1.54) is 26.0 Å². The Hall–Kier alpha value is -5.98. The molecule has 15 nitrogen and oxygen atoms in total. The third-order valence-electron chi connectivity index (χ3n) is 12.7. The molecule has 28 heteroatoms. The van der Waals surface area contributed by atoms with E-state index in [4.69, 9.17) is 22.1 Å². The summed E-state index contributed by atoms with van der Waals surface area (Å²) in [6.07, 6.45) is -9.66. The largest absolute Gasteiger partial charge is 0.442 e. The Morgan fingerprint density at radius 3 is 2.15 bits per heavy atom. The minimum Gasteiger partial charge on any atom is -0.442 e. The maximum Gasteiger partial charge on any atom is 0.435 e. The van der Waals surface area contributed by atoms with Crippen molar-refractivity contribution in [2.24, 2.45) is 17.6 Å². The van der Waals surface area contributed by atoms with E-state index in [1.807, 2.05) is 0 Å². The number of benzene rings is 2. The lowest BCUT2D eigenvalue weighted by molar-refractivity contribution is -0.146. The molecule has 3 heterocycles. The monoisotopic (exact) mass is 1110 g/mol. The molecule has 0 saturated heterocycles.